The SMILES string of the molecule is CCOC(=O)[C@@]1(C#N)CC[C@@H](S(=O)(=O)CC)C1. The highest BCUT2D eigenvalue weighted by Gasteiger charge is 2.50. The van der Waals surface area contributed by atoms with Gasteiger partial charge in [0.1, 0.15) is 0 Å². The van der Waals surface area contributed by atoms with Crippen molar-refractivity contribution in [2.75, 3.05) is 12.4 Å². The minimum absolute atomic E-state index is 0.0437. The zero-order valence-electron chi connectivity index (χ0n) is 10.1. The average Bonchev–Trinajstić information content (AvgIpc) is 2.75. The molecule has 0 bridgehead atoms. The van der Waals surface area contributed by atoms with E-state index < -0.39 is 26.5 Å². The van der Waals surface area contributed by atoms with Gasteiger partial charge in [-0.15, -0.1) is 0 Å². The molecule has 0 aliphatic heterocycles. The zero-order chi connectivity index (χ0) is 13.1. The van der Waals surface area contributed by atoms with Crippen molar-refractivity contribution < 1.29 is 17.9 Å². The number of sulfone groups is 1. The van der Waals surface area contributed by atoms with Gasteiger partial charge in [-0.2, -0.15) is 5.26 Å². The number of ether oxygens (including phenoxy) is 1. The van der Waals surface area contributed by atoms with Gasteiger partial charge in [0.25, 0.3) is 0 Å². The molecule has 0 heterocycles. The molecule has 17 heavy (non-hydrogen) atoms. The average molecular weight is 259 g/mol. The Balaban J connectivity index is 2.89. The maximum absolute atomic E-state index is 11.7. The monoisotopic (exact) mass is 259 g/mol. The van der Waals surface area contributed by atoms with Crippen LogP contribution in [-0.4, -0.2) is 32.0 Å². The van der Waals surface area contributed by atoms with Crippen LogP contribution in [0, 0.1) is 16.7 Å². The smallest absolute Gasteiger partial charge is 0.326 e. The Morgan fingerprint density at radius 3 is 2.65 bits per heavy atom. The number of esters is 1. The van der Waals surface area contributed by atoms with Crippen molar-refractivity contribution in [3.8, 4) is 6.07 Å². The highest BCUT2D eigenvalue weighted by atomic mass is 32.2. The molecule has 0 aromatic carbocycles. The Labute approximate surface area is 102 Å². The van der Waals surface area contributed by atoms with Crippen LogP contribution in [0.4, 0.5) is 0 Å². The van der Waals surface area contributed by atoms with Crippen LogP contribution in [0.1, 0.15) is 33.1 Å². The summed E-state index contributed by atoms with van der Waals surface area (Å²) in [4.78, 5) is 11.7. The summed E-state index contributed by atoms with van der Waals surface area (Å²) in [7, 11) is -3.19. The normalized spacial score (nSPS) is 28.6. The van der Waals surface area contributed by atoms with Gasteiger partial charge >= 0.3 is 5.97 Å². The third kappa shape index (κ3) is 2.60. The van der Waals surface area contributed by atoms with Gasteiger partial charge in [0, 0.05) is 5.75 Å². The summed E-state index contributed by atoms with van der Waals surface area (Å²) in [6.45, 7) is 3.44. The minimum Gasteiger partial charge on any atom is -0.465 e. The molecule has 0 aromatic rings. The number of nitrogens with zero attached hydrogens (tertiary/aromatic N) is 1. The number of rotatable bonds is 4. The van der Waals surface area contributed by atoms with E-state index in [1.807, 2.05) is 6.07 Å². The molecule has 96 valence electrons. The molecular weight excluding hydrogens is 242 g/mol. The first kappa shape index (κ1) is 14.0. The molecule has 0 aromatic heterocycles. The summed E-state index contributed by atoms with van der Waals surface area (Å²) < 4.78 is 28.3. The second-order valence-electron chi connectivity index (χ2n) is 4.23. The summed E-state index contributed by atoms with van der Waals surface area (Å²) in [5.74, 6) is -0.543. The molecule has 5 nitrogen and oxygen atoms in total. The van der Waals surface area contributed by atoms with Gasteiger partial charge < -0.3 is 4.74 Å². The van der Waals surface area contributed by atoms with Crippen LogP contribution in [0.5, 0.6) is 0 Å². The van der Waals surface area contributed by atoms with E-state index in [0.29, 0.717) is 6.42 Å². The Morgan fingerprint density at radius 2 is 2.18 bits per heavy atom. The standard InChI is InChI=1S/C11H17NO4S/c1-3-16-10(13)11(8-12)6-5-9(7-11)17(14,15)4-2/h9H,3-7H2,1-2H3/t9-,11+/m1/s1. The molecule has 0 radical (unpaired) electrons. The van der Waals surface area contributed by atoms with Crippen LogP contribution in [0.3, 0.4) is 0 Å². The van der Waals surface area contributed by atoms with Crippen LogP contribution in [0.2, 0.25) is 0 Å². The maximum atomic E-state index is 11.7. The summed E-state index contributed by atoms with van der Waals surface area (Å²) in [5.41, 5.74) is -1.26. The largest absolute Gasteiger partial charge is 0.465 e. The highest BCUT2D eigenvalue weighted by Crippen LogP contribution is 2.41. The van der Waals surface area contributed by atoms with Crippen molar-refractivity contribution >= 4 is 15.8 Å². The molecule has 0 amide bonds. The van der Waals surface area contributed by atoms with Crippen molar-refractivity contribution in [1.82, 2.24) is 0 Å². The number of hydrogen-bond acceptors (Lipinski definition) is 5. The van der Waals surface area contributed by atoms with E-state index in [1.54, 1.807) is 13.8 Å². The van der Waals surface area contributed by atoms with E-state index >= 15 is 0 Å². The van der Waals surface area contributed by atoms with E-state index in [2.05, 4.69) is 0 Å². The number of carbonyl (C=O) groups is 1. The summed E-state index contributed by atoms with van der Waals surface area (Å²) in [5, 5.41) is 8.54. The van der Waals surface area contributed by atoms with Crippen LogP contribution in [-0.2, 0) is 19.4 Å². The van der Waals surface area contributed by atoms with Gasteiger partial charge in [0.15, 0.2) is 15.3 Å². The molecule has 0 unspecified atom stereocenters. The quantitative estimate of drug-likeness (QED) is 0.704. The van der Waals surface area contributed by atoms with Gasteiger partial charge in [0.05, 0.1) is 17.9 Å². The molecule has 1 saturated carbocycles. The molecule has 1 aliphatic carbocycles. The predicted octanol–water partition coefficient (Wildman–Crippen LogP) is 1.05. The summed E-state index contributed by atoms with van der Waals surface area (Å²) >= 11 is 0. The van der Waals surface area contributed by atoms with Crippen molar-refractivity contribution in [3.05, 3.63) is 0 Å². The summed E-state index contributed by atoms with van der Waals surface area (Å²) in [6, 6.07) is 1.95. The van der Waals surface area contributed by atoms with E-state index in [-0.39, 0.29) is 25.2 Å². The van der Waals surface area contributed by atoms with E-state index in [0.717, 1.165) is 0 Å². The number of carbonyl (C=O) groups excluding carboxylic acids is 1. The van der Waals surface area contributed by atoms with Gasteiger partial charge in [-0.05, 0) is 26.2 Å². The molecule has 0 N–H and O–H groups in total. The van der Waals surface area contributed by atoms with Crippen LogP contribution in [0.15, 0.2) is 0 Å². The van der Waals surface area contributed by atoms with E-state index in [1.165, 1.54) is 0 Å². The fourth-order valence-corrected chi connectivity index (χ4v) is 3.63. The van der Waals surface area contributed by atoms with Crippen molar-refractivity contribution in [1.29, 1.82) is 5.26 Å². The lowest BCUT2D eigenvalue weighted by atomic mass is 9.88. The lowest BCUT2D eigenvalue weighted by Crippen LogP contribution is -2.31. The first-order valence-electron chi connectivity index (χ1n) is 5.72. The van der Waals surface area contributed by atoms with Gasteiger partial charge in [-0.1, -0.05) is 6.92 Å². The van der Waals surface area contributed by atoms with Gasteiger partial charge in [-0.3, -0.25) is 4.79 Å². The third-order valence-electron chi connectivity index (χ3n) is 3.26. The van der Waals surface area contributed by atoms with Crippen molar-refractivity contribution in [2.24, 2.45) is 5.41 Å². The zero-order valence-corrected chi connectivity index (χ0v) is 10.9. The van der Waals surface area contributed by atoms with Crippen molar-refractivity contribution in [3.63, 3.8) is 0 Å². The molecule has 1 rings (SSSR count). The molecule has 6 heteroatoms. The molecular formula is C11H17NO4S. The topological polar surface area (TPSA) is 84.2 Å². The lowest BCUT2D eigenvalue weighted by molar-refractivity contribution is -0.151. The second-order valence-corrected chi connectivity index (χ2v) is 6.80. The Bertz CT molecular complexity index is 437. The highest BCUT2D eigenvalue weighted by molar-refractivity contribution is 7.92. The predicted molar refractivity (Wildman–Crippen MR) is 61.8 cm³/mol. The fraction of sp³-hybridized carbons (Fsp3) is 0.818. The number of hydrogen-bond donors (Lipinski definition) is 0. The molecule has 2 atom stereocenters. The first-order valence-corrected chi connectivity index (χ1v) is 7.43. The minimum atomic E-state index is -3.19. The first-order chi connectivity index (χ1) is 7.91. The van der Waals surface area contributed by atoms with Gasteiger partial charge in [0.2, 0.25) is 0 Å². The maximum Gasteiger partial charge on any atom is 0.326 e. The Hall–Kier alpha value is -1.09. The molecule has 0 spiro atoms. The molecule has 1 fully saturated rings. The van der Waals surface area contributed by atoms with Crippen molar-refractivity contribution in [2.45, 2.75) is 38.4 Å². The molecule has 0 saturated heterocycles. The van der Waals surface area contributed by atoms with Crippen LogP contribution >= 0.6 is 0 Å². The second kappa shape index (κ2) is 5.05. The lowest BCUT2D eigenvalue weighted by Gasteiger charge is -2.18. The van der Waals surface area contributed by atoms with Crippen LogP contribution in [0.25, 0.3) is 0 Å². The third-order valence-corrected chi connectivity index (χ3v) is 5.48. The Kier molecular flexibility index (Phi) is 4.15. The molecule has 1 aliphatic rings. The van der Waals surface area contributed by atoms with E-state index in [9.17, 15) is 13.2 Å². The number of nitriles is 1. The van der Waals surface area contributed by atoms with Gasteiger partial charge in [-0.25, -0.2) is 8.42 Å². The van der Waals surface area contributed by atoms with E-state index in [4.69, 9.17) is 10.00 Å². The Morgan fingerprint density at radius 1 is 1.53 bits per heavy atom. The van der Waals surface area contributed by atoms with Crippen LogP contribution < -0.4 is 0 Å². The fourth-order valence-electron chi connectivity index (χ4n) is 2.14. The summed E-state index contributed by atoms with van der Waals surface area (Å²) in [6.07, 6.45) is 0.702.